The fraction of sp³-hybridized carbons (Fsp3) is 0.300. The molecule has 1 aliphatic heterocycles. The van der Waals surface area contributed by atoms with E-state index in [1.807, 2.05) is 12.3 Å². The van der Waals surface area contributed by atoms with Crippen LogP contribution in [0.25, 0.3) is 0 Å². The molecule has 1 fully saturated rings. The highest BCUT2D eigenvalue weighted by Crippen LogP contribution is 2.22. The Morgan fingerprint density at radius 1 is 1.07 bits per heavy atom. The Bertz CT molecular complexity index is 984. The van der Waals surface area contributed by atoms with E-state index in [1.165, 1.54) is 40.3 Å². The van der Waals surface area contributed by atoms with Crippen LogP contribution in [0.2, 0.25) is 0 Å². The number of sulfonamides is 1. The molecule has 1 aliphatic rings. The van der Waals surface area contributed by atoms with Crippen LogP contribution in [0.3, 0.4) is 0 Å². The van der Waals surface area contributed by atoms with Crippen molar-refractivity contribution in [1.29, 1.82) is 0 Å². The minimum Gasteiger partial charge on any atom is -0.452 e. The number of amides is 1. The number of thioether (sulfide) groups is 1. The minimum atomic E-state index is -3.49. The number of anilines is 1. The average molecular weight is 435 g/mol. The Labute approximate surface area is 174 Å². The minimum absolute atomic E-state index is 0.192. The summed E-state index contributed by atoms with van der Waals surface area (Å²) in [4.78, 5) is 25.2. The summed E-state index contributed by atoms with van der Waals surface area (Å²) in [5.74, 6) is -1.08. The zero-order chi connectivity index (χ0) is 20.9. The molecule has 0 spiro atoms. The molecule has 0 radical (unpaired) electrons. The van der Waals surface area contributed by atoms with E-state index in [9.17, 15) is 18.0 Å². The Kier molecular flexibility index (Phi) is 6.94. The van der Waals surface area contributed by atoms with E-state index in [2.05, 4.69) is 5.32 Å². The Balaban J connectivity index is 1.56. The smallest absolute Gasteiger partial charge is 0.339 e. The van der Waals surface area contributed by atoms with Crippen molar-refractivity contribution in [3.8, 4) is 0 Å². The van der Waals surface area contributed by atoms with Crippen LogP contribution in [0, 0.1) is 0 Å². The van der Waals surface area contributed by atoms with Crippen LogP contribution >= 0.6 is 11.8 Å². The summed E-state index contributed by atoms with van der Waals surface area (Å²) in [7, 11) is -3.49. The fourth-order valence-electron chi connectivity index (χ4n) is 3.01. The summed E-state index contributed by atoms with van der Waals surface area (Å²) < 4.78 is 31.6. The largest absolute Gasteiger partial charge is 0.452 e. The molecule has 9 heteroatoms. The first-order chi connectivity index (χ1) is 13.9. The van der Waals surface area contributed by atoms with Gasteiger partial charge in [0.25, 0.3) is 5.91 Å². The highest BCUT2D eigenvalue weighted by atomic mass is 32.2. The molecule has 0 atom stereocenters. The number of hydrogen-bond acceptors (Lipinski definition) is 6. The van der Waals surface area contributed by atoms with Crippen molar-refractivity contribution in [1.82, 2.24) is 4.31 Å². The molecule has 7 nitrogen and oxygen atoms in total. The summed E-state index contributed by atoms with van der Waals surface area (Å²) >= 11 is 1.42. The van der Waals surface area contributed by atoms with E-state index in [0.717, 1.165) is 17.7 Å². The average Bonchev–Trinajstić information content (AvgIpc) is 3.28. The van der Waals surface area contributed by atoms with Gasteiger partial charge >= 0.3 is 5.97 Å². The molecule has 29 heavy (non-hydrogen) atoms. The molecule has 2 aromatic rings. The van der Waals surface area contributed by atoms with Gasteiger partial charge in [0.15, 0.2) is 6.61 Å². The number of ether oxygens (including phenoxy) is 1. The lowest BCUT2D eigenvalue weighted by atomic mass is 10.2. The van der Waals surface area contributed by atoms with Crippen LogP contribution in [0.4, 0.5) is 5.69 Å². The van der Waals surface area contributed by atoms with Crippen LogP contribution in [0.15, 0.2) is 58.3 Å². The van der Waals surface area contributed by atoms with E-state index in [-0.39, 0.29) is 4.90 Å². The van der Waals surface area contributed by atoms with E-state index in [1.54, 1.807) is 18.2 Å². The van der Waals surface area contributed by atoms with Crippen LogP contribution in [0.1, 0.15) is 23.2 Å². The summed E-state index contributed by atoms with van der Waals surface area (Å²) in [5, 5.41) is 2.60. The van der Waals surface area contributed by atoms with Crippen molar-refractivity contribution in [2.45, 2.75) is 22.6 Å². The molecule has 2 aromatic carbocycles. The first-order valence-corrected chi connectivity index (χ1v) is 11.8. The molecular formula is C20H22N2O5S2. The number of benzene rings is 2. The number of carbonyl (C=O) groups excluding carboxylic acids is 2. The molecule has 3 rings (SSSR count). The van der Waals surface area contributed by atoms with Crippen molar-refractivity contribution < 1.29 is 22.7 Å². The maximum atomic E-state index is 12.5. The van der Waals surface area contributed by atoms with Gasteiger partial charge in [-0.15, -0.1) is 11.8 Å². The highest BCUT2D eigenvalue weighted by Gasteiger charge is 2.27. The summed E-state index contributed by atoms with van der Waals surface area (Å²) in [5.41, 5.74) is 0.834. The van der Waals surface area contributed by atoms with Gasteiger partial charge in [-0.05, 0) is 55.5 Å². The SMILES string of the molecule is CSc1ccccc1C(=O)OCC(=O)Nc1ccc(S(=O)(=O)N2CCCC2)cc1. The molecule has 154 valence electrons. The number of hydrogen-bond donors (Lipinski definition) is 1. The lowest BCUT2D eigenvalue weighted by molar-refractivity contribution is -0.119. The highest BCUT2D eigenvalue weighted by molar-refractivity contribution is 7.98. The van der Waals surface area contributed by atoms with Crippen molar-refractivity contribution in [3.05, 3.63) is 54.1 Å². The molecule has 0 aromatic heterocycles. The standard InChI is InChI=1S/C20H22N2O5S2/c1-28-18-7-3-2-6-17(18)20(24)27-14-19(23)21-15-8-10-16(11-9-15)29(25,26)22-12-4-5-13-22/h2-3,6-11H,4-5,12-14H2,1H3,(H,21,23). The van der Waals surface area contributed by atoms with Gasteiger partial charge in [0.2, 0.25) is 10.0 Å². The van der Waals surface area contributed by atoms with Crippen LogP contribution in [0.5, 0.6) is 0 Å². The molecule has 0 unspecified atom stereocenters. The van der Waals surface area contributed by atoms with E-state index in [4.69, 9.17) is 4.74 Å². The number of rotatable bonds is 7. The Morgan fingerprint density at radius 2 is 1.72 bits per heavy atom. The maximum Gasteiger partial charge on any atom is 0.339 e. The second kappa shape index (κ2) is 9.43. The first kappa shape index (κ1) is 21.4. The third-order valence-corrected chi connectivity index (χ3v) is 7.21. The molecule has 1 heterocycles. The molecule has 1 N–H and O–H groups in total. The van der Waals surface area contributed by atoms with E-state index >= 15 is 0 Å². The summed E-state index contributed by atoms with van der Waals surface area (Å²) in [6, 6.07) is 13.0. The van der Waals surface area contributed by atoms with Gasteiger partial charge in [-0.25, -0.2) is 13.2 Å². The third kappa shape index (κ3) is 5.17. The van der Waals surface area contributed by atoms with Crippen molar-refractivity contribution in [2.24, 2.45) is 0 Å². The van der Waals surface area contributed by atoms with Gasteiger partial charge in [0.05, 0.1) is 10.5 Å². The Hall–Kier alpha value is -2.36. The zero-order valence-electron chi connectivity index (χ0n) is 16.0. The van der Waals surface area contributed by atoms with Gasteiger partial charge < -0.3 is 10.1 Å². The monoisotopic (exact) mass is 434 g/mol. The number of carbonyl (C=O) groups is 2. The lowest BCUT2D eigenvalue weighted by Gasteiger charge is -2.15. The second-order valence-corrected chi connectivity index (χ2v) is 9.25. The number of nitrogens with one attached hydrogen (secondary N) is 1. The predicted octanol–water partition coefficient (Wildman–Crippen LogP) is 2.99. The zero-order valence-corrected chi connectivity index (χ0v) is 17.6. The first-order valence-electron chi connectivity index (χ1n) is 9.12. The predicted molar refractivity (Wildman–Crippen MR) is 112 cm³/mol. The summed E-state index contributed by atoms with van der Waals surface area (Å²) in [6.45, 7) is 0.632. The molecule has 1 amide bonds. The normalized spacial score (nSPS) is 14.5. The summed E-state index contributed by atoms with van der Waals surface area (Å²) in [6.07, 6.45) is 3.59. The van der Waals surface area contributed by atoms with Gasteiger partial charge in [0.1, 0.15) is 0 Å². The Morgan fingerprint density at radius 3 is 2.38 bits per heavy atom. The quantitative estimate of drug-likeness (QED) is 0.532. The van der Waals surface area contributed by atoms with Gasteiger partial charge in [0, 0.05) is 23.7 Å². The van der Waals surface area contributed by atoms with Crippen LogP contribution < -0.4 is 5.32 Å². The third-order valence-electron chi connectivity index (χ3n) is 4.50. The van der Waals surface area contributed by atoms with Crippen molar-refractivity contribution in [3.63, 3.8) is 0 Å². The van der Waals surface area contributed by atoms with E-state index < -0.39 is 28.5 Å². The molecule has 0 saturated carbocycles. The second-order valence-electron chi connectivity index (χ2n) is 6.46. The van der Waals surface area contributed by atoms with Crippen LogP contribution in [-0.4, -0.2) is 50.6 Å². The molecule has 0 bridgehead atoms. The van der Waals surface area contributed by atoms with E-state index in [0.29, 0.717) is 24.3 Å². The van der Waals surface area contributed by atoms with Gasteiger partial charge in [-0.1, -0.05) is 12.1 Å². The maximum absolute atomic E-state index is 12.5. The van der Waals surface area contributed by atoms with Crippen molar-refractivity contribution in [2.75, 3.05) is 31.3 Å². The molecule has 0 aliphatic carbocycles. The van der Waals surface area contributed by atoms with Crippen LogP contribution in [-0.2, 0) is 19.6 Å². The van der Waals surface area contributed by atoms with Gasteiger partial charge in [-0.3, -0.25) is 4.79 Å². The molecular weight excluding hydrogens is 412 g/mol. The molecule has 1 saturated heterocycles. The van der Waals surface area contributed by atoms with Crippen molar-refractivity contribution >= 4 is 39.3 Å². The lowest BCUT2D eigenvalue weighted by Crippen LogP contribution is -2.27. The number of esters is 1. The fourth-order valence-corrected chi connectivity index (χ4v) is 5.11. The topological polar surface area (TPSA) is 92.8 Å². The van der Waals surface area contributed by atoms with Gasteiger partial charge in [-0.2, -0.15) is 4.31 Å². The number of nitrogens with zero attached hydrogens (tertiary/aromatic N) is 1.